The minimum atomic E-state index is -3.54. The van der Waals surface area contributed by atoms with Gasteiger partial charge in [0.15, 0.2) is 0 Å². The number of aromatic nitrogens is 1. The van der Waals surface area contributed by atoms with Crippen molar-refractivity contribution in [2.45, 2.75) is 11.8 Å². The van der Waals surface area contributed by atoms with Crippen molar-refractivity contribution in [3.63, 3.8) is 0 Å². The fourth-order valence-electron chi connectivity index (χ4n) is 3.43. The highest BCUT2D eigenvalue weighted by molar-refractivity contribution is 9.10. The van der Waals surface area contributed by atoms with Crippen LogP contribution in [0.3, 0.4) is 0 Å². The van der Waals surface area contributed by atoms with Gasteiger partial charge in [-0.3, -0.25) is 4.79 Å². The standard InChI is InChI=1S/C20H20BrN3O3S/c1-14-2-5-16(6-3-14)28(26,27)24-10-8-23(9-11-24)20(25)18-13-22-19-7-4-15(21)12-17(18)19/h2-7,12-13,22H,8-11H2,1H3. The molecule has 1 saturated heterocycles. The van der Waals surface area contributed by atoms with Crippen LogP contribution in [0.4, 0.5) is 0 Å². The number of sulfonamides is 1. The summed E-state index contributed by atoms with van der Waals surface area (Å²) in [6, 6.07) is 12.6. The van der Waals surface area contributed by atoms with Gasteiger partial charge in [0.2, 0.25) is 10.0 Å². The van der Waals surface area contributed by atoms with Crippen LogP contribution < -0.4 is 0 Å². The van der Waals surface area contributed by atoms with E-state index >= 15 is 0 Å². The molecule has 0 spiro atoms. The molecule has 3 aromatic rings. The largest absolute Gasteiger partial charge is 0.360 e. The van der Waals surface area contributed by atoms with Crippen molar-refractivity contribution in [2.75, 3.05) is 26.2 Å². The van der Waals surface area contributed by atoms with Crippen LogP contribution in [0.15, 0.2) is 58.0 Å². The summed E-state index contributed by atoms with van der Waals surface area (Å²) in [4.78, 5) is 18.1. The average molecular weight is 462 g/mol. The van der Waals surface area contributed by atoms with E-state index in [1.54, 1.807) is 35.4 Å². The molecule has 1 aliphatic heterocycles. The van der Waals surface area contributed by atoms with Gasteiger partial charge in [-0.25, -0.2) is 8.42 Å². The maximum atomic E-state index is 13.0. The maximum Gasteiger partial charge on any atom is 0.256 e. The lowest BCUT2D eigenvalue weighted by Crippen LogP contribution is -2.50. The number of H-pyrrole nitrogens is 1. The third-order valence-corrected chi connectivity index (χ3v) is 7.46. The fraction of sp³-hybridized carbons (Fsp3) is 0.250. The fourth-order valence-corrected chi connectivity index (χ4v) is 5.21. The Kier molecular flexibility index (Phi) is 5.03. The van der Waals surface area contributed by atoms with Gasteiger partial charge in [0.25, 0.3) is 5.91 Å². The summed E-state index contributed by atoms with van der Waals surface area (Å²) in [5.74, 6) is -0.0864. The number of halogens is 1. The average Bonchev–Trinajstić information content (AvgIpc) is 3.11. The summed E-state index contributed by atoms with van der Waals surface area (Å²) in [7, 11) is -3.54. The van der Waals surface area contributed by atoms with Crippen LogP contribution in [0.1, 0.15) is 15.9 Å². The van der Waals surface area contributed by atoms with Gasteiger partial charge in [-0.05, 0) is 37.3 Å². The van der Waals surface area contributed by atoms with Gasteiger partial charge in [-0.2, -0.15) is 4.31 Å². The molecule has 1 aromatic heterocycles. The minimum Gasteiger partial charge on any atom is -0.360 e. The van der Waals surface area contributed by atoms with Crippen molar-refractivity contribution in [1.82, 2.24) is 14.2 Å². The van der Waals surface area contributed by atoms with E-state index < -0.39 is 10.0 Å². The second kappa shape index (κ2) is 7.35. The molecule has 1 amide bonds. The van der Waals surface area contributed by atoms with Crippen LogP contribution in [0.2, 0.25) is 0 Å². The minimum absolute atomic E-state index is 0.0864. The smallest absolute Gasteiger partial charge is 0.256 e. The van der Waals surface area contributed by atoms with Gasteiger partial charge < -0.3 is 9.88 Å². The molecule has 1 aliphatic rings. The highest BCUT2D eigenvalue weighted by Gasteiger charge is 2.31. The number of piperazine rings is 1. The third-order valence-electron chi connectivity index (χ3n) is 5.06. The van der Waals surface area contributed by atoms with Crippen molar-refractivity contribution >= 4 is 42.8 Å². The van der Waals surface area contributed by atoms with Gasteiger partial charge in [-0.1, -0.05) is 33.6 Å². The summed E-state index contributed by atoms with van der Waals surface area (Å²) < 4.78 is 28.0. The Morgan fingerprint density at radius 3 is 2.39 bits per heavy atom. The van der Waals surface area contributed by atoms with Crippen LogP contribution in [-0.2, 0) is 10.0 Å². The first kappa shape index (κ1) is 19.2. The number of benzene rings is 2. The molecule has 0 atom stereocenters. The number of hydrogen-bond donors (Lipinski definition) is 1. The highest BCUT2D eigenvalue weighted by atomic mass is 79.9. The molecule has 2 aromatic carbocycles. The second-order valence-electron chi connectivity index (χ2n) is 6.90. The Labute approximate surface area is 172 Å². The summed E-state index contributed by atoms with van der Waals surface area (Å²) in [5.41, 5.74) is 2.51. The molecule has 4 rings (SSSR count). The van der Waals surface area contributed by atoms with Crippen molar-refractivity contribution in [3.05, 3.63) is 64.3 Å². The van der Waals surface area contributed by atoms with E-state index in [4.69, 9.17) is 0 Å². The molecule has 6 nitrogen and oxygen atoms in total. The Balaban J connectivity index is 1.50. The van der Waals surface area contributed by atoms with Crippen LogP contribution in [0.5, 0.6) is 0 Å². The predicted molar refractivity (Wildman–Crippen MR) is 112 cm³/mol. The molecule has 0 aliphatic carbocycles. The number of fused-ring (bicyclic) bond motifs is 1. The quantitative estimate of drug-likeness (QED) is 0.649. The molecule has 28 heavy (non-hydrogen) atoms. The number of nitrogens with one attached hydrogen (secondary N) is 1. The van der Waals surface area contributed by atoms with Gasteiger partial charge in [0.1, 0.15) is 0 Å². The molecular formula is C20H20BrN3O3S. The van der Waals surface area contributed by atoms with Crippen molar-refractivity contribution in [3.8, 4) is 0 Å². The van der Waals surface area contributed by atoms with Gasteiger partial charge >= 0.3 is 0 Å². The van der Waals surface area contributed by atoms with Crippen LogP contribution in [0.25, 0.3) is 10.9 Å². The number of carbonyl (C=O) groups is 1. The number of amides is 1. The van der Waals surface area contributed by atoms with Crippen LogP contribution in [0, 0.1) is 6.92 Å². The van der Waals surface area contributed by atoms with E-state index in [9.17, 15) is 13.2 Å². The summed E-state index contributed by atoms with van der Waals surface area (Å²) in [5, 5.41) is 0.856. The molecule has 0 radical (unpaired) electrons. The predicted octanol–water partition coefficient (Wildman–Crippen LogP) is 3.39. The zero-order chi connectivity index (χ0) is 19.9. The van der Waals surface area contributed by atoms with E-state index in [-0.39, 0.29) is 19.0 Å². The van der Waals surface area contributed by atoms with Crippen LogP contribution >= 0.6 is 15.9 Å². The SMILES string of the molecule is Cc1ccc(S(=O)(=O)N2CCN(C(=O)c3c[nH]c4ccc(Br)cc34)CC2)cc1. The third kappa shape index (κ3) is 3.47. The Hall–Kier alpha value is -2.16. The topological polar surface area (TPSA) is 73.5 Å². The number of carbonyl (C=O) groups excluding carboxylic acids is 1. The maximum absolute atomic E-state index is 13.0. The lowest BCUT2D eigenvalue weighted by Gasteiger charge is -2.34. The summed E-state index contributed by atoms with van der Waals surface area (Å²) in [6.45, 7) is 3.22. The lowest BCUT2D eigenvalue weighted by molar-refractivity contribution is 0.0700. The Morgan fingerprint density at radius 1 is 1.04 bits per heavy atom. The molecule has 1 fully saturated rings. The number of hydrogen-bond acceptors (Lipinski definition) is 3. The van der Waals surface area contributed by atoms with Gasteiger partial charge in [0, 0.05) is 47.8 Å². The number of aromatic amines is 1. The summed E-state index contributed by atoms with van der Waals surface area (Å²) in [6.07, 6.45) is 1.72. The molecule has 1 N–H and O–H groups in total. The van der Waals surface area contributed by atoms with E-state index in [0.717, 1.165) is 20.9 Å². The molecule has 0 unspecified atom stereocenters. The van der Waals surface area contributed by atoms with Crippen molar-refractivity contribution < 1.29 is 13.2 Å². The van der Waals surface area contributed by atoms with Gasteiger partial charge in [-0.15, -0.1) is 0 Å². The Bertz CT molecular complexity index is 1130. The lowest BCUT2D eigenvalue weighted by atomic mass is 10.1. The van der Waals surface area contributed by atoms with Crippen molar-refractivity contribution in [2.24, 2.45) is 0 Å². The van der Waals surface area contributed by atoms with Crippen LogP contribution in [-0.4, -0.2) is 54.7 Å². The normalized spacial score (nSPS) is 15.9. The molecule has 2 heterocycles. The van der Waals surface area contributed by atoms with E-state index in [2.05, 4.69) is 20.9 Å². The number of aryl methyl sites for hydroxylation is 1. The molecule has 146 valence electrons. The number of rotatable bonds is 3. The summed E-state index contributed by atoms with van der Waals surface area (Å²) >= 11 is 3.44. The Morgan fingerprint density at radius 2 is 1.71 bits per heavy atom. The first-order chi connectivity index (χ1) is 13.4. The zero-order valence-electron chi connectivity index (χ0n) is 15.4. The van der Waals surface area contributed by atoms with E-state index in [0.29, 0.717) is 23.5 Å². The van der Waals surface area contributed by atoms with Crippen molar-refractivity contribution in [1.29, 1.82) is 0 Å². The highest BCUT2D eigenvalue weighted by Crippen LogP contribution is 2.25. The molecule has 8 heteroatoms. The van der Waals surface area contributed by atoms with E-state index in [1.165, 1.54) is 4.31 Å². The second-order valence-corrected chi connectivity index (χ2v) is 9.76. The monoisotopic (exact) mass is 461 g/mol. The first-order valence-electron chi connectivity index (χ1n) is 8.99. The molecule has 0 saturated carbocycles. The first-order valence-corrected chi connectivity index (χ1v) is 11.2. The molecular weight excluding hydrogens is 442 g/mol. The van der Waals surface area contributed by atoms with Gasteiger partial charge in [0.05, 0.1) is 10.5 Å². The number of nitrogens with zero attached hydrogens (tertiary/aromatic N) is 2. The van der Waals surface area contributed by atoms with E-state index in [1.807, 2.05) is 25.1 Å². The molecule has 0 bridgehead atoms. The zero-order valence-corrected chi connectivity index (χ0v) is 17.8.